The van der Waals surface area contributed by atoms with Crippen LogP contribution in [0.1, 0.15) is 18.4 Å². The molecule has 13 heavy (non-hydrogen) atoms. The van der Waals surface area contributed by atoms with Crippen molar-refractivity contribution in [3.63, 3.8) is 0 Å². The van der Waals surface area contributed by atoms with Crippen molar-refractivity contribution in [1.82, 2.24) is 0 Å². The molecule has 1 aromatic carbocycles. The number of aryl methyl sites for hydroxylation is 1. The fraction of sp³-hybridized carbons (Fsp3) is 0.333. The van der Waals surface area contributed by atoms with Gasteiger partial charge in [0.25, 0.3) is 0 Å². The van der Waals surface area contributed by atoms with E-state index in [4.69, 9.17) is 6.42 Å². The highest BCUT2D eigenvalue weighted by Gasteiger charge is 1.96. The standard InChI is InChI=1S/C12H14S/c1-3-4-7-10-13-12-9-6-5-8-11(12)2/h1,5-6,8-9H,4,7,10H2,2H3. The highest BCUT2D eigenvalue weighted by atomic mass is 32.2. The van der Waals surface area contributed by atoms with Gasteiger partial charge in [-0.3, -0.25) is 0 Å². The van der Waals surface area contributed by atoms with Crippen molar-refractivity contribution < 1.29 is 0 Å². The van der Waals surface area contributed by atoms with E-state index in [1.165, 1.54) is 10.5 Å². The zero-order valence-corrected chi connectivity index (χ0v) is 8.73. The molecule has 0 bridgehead atoms. The Morgan fingerprint density at radius 2 is 2.15 bits per heavy atom. The molecule has 0 unspecified atom stereocenters. The summed E-state index contributed by atoms with van der Waals surface area (Å²) < 4.78 is 0. The summed E-state index contributed by atoms with van der Waals surface area (Å²) >= 11 is 1.89. The fourth-order valence-electron chi connectivity index (χ4n) is 1.07. The van der Waals surface area contributed by atoms with E-state index in [0.717, 1.165) is 18.6 Å². The molecule has 0 saturated carbocycles. The summed E-state index contributed by atoms with van der Waals surface area (Å²) in [7, 11) is 0. The Kier molecular flexibility index (Phi) is 4.49. The summed E-state index contributed by atoms with van der Waals surface area (Å²) in [6.07, 6.45) is 7.17. The SMILES string of the molecule is C#CCCCSc1ccccc1C. The quantitative estimate of drug-likeness (QED) is 0.398. The maximum atomic E-state index is 5.18. The molecule has 0 saturated heterocycles. The van der Waals surface area contributed by atoms with Crippen LogP contribution in [0.5, 0.6) is 0 Å². The summed E-state index contributed by atoms with van der Waals surface area (Å²) in [4.78, 5) is 1.37. The van der Waals surface area contributed by atoms with Crippen molar-refractivity contribution in [3.05, 3.63) is 29.8 Å². The second kappa shape index (κ2) is 5.72. The van der Waals surface area contributed by atoms with Crippen LogP contribution in [-0.4, -0.2) is 5.75 Å². The van der Waals surface area contributed by atoms with Crippen LogP contribution in [0.4, 0.5) is 0 Å². The second-order valence-corrected chi connectivity index (χ2v) is 4.06. The largest absolute Gasteiger partial charge is 0.126 e. The minimum Gasteiger partial charge on any atom is -0.126 e. The molecule has 0 aliphatic heterocycles. The highest BCUT2D eigenvalue weighted by Crippen LogP contribution is 2.22. The smallest absolute Gasteiger partial charge is 0.0101 e. The zero-order valence-electron chi connectivity index (χ0n) is 7.92. The maximum Gasteiger partial charge on any atom is 0.0101 e. The number of thioether (sulfide) groups is 1. The Labute approximate surface area is 84.7 Å². The molecule has 0 aliphatic rings. The molecule has 68 valence electrons. The van der Waals surface area contributed by atoms with Crippen molar-refractivity contribution in [3.8, 4) is 12.3 Å². The van der Waals surface area contributed by atoms with Crippen molar-refractivity contribution in [2.45, 2.75) is 24.7 Å². The molecular formula is C12H14S. The molecule has 1 rings (SSSR count). The first kappa shape index (κ1) is 10.2. The van der Waals surface area contributed by atoms with Gasteiger partial charge in [0.15, 0.2) is 0 Å². The number of hydrogen-bond acceptors (Lipinski definition) is 1. The summed E-state index contributed by atoms with van der Waals surface area (Å²) in [5.74, 6) is 3.78. The van der Waals surface area contributed by atoms with Crippen LogP contribution in [-0.2, 0) is 0 Å². The Balaban J connectivity index is 2.37. The Hall–Kier alpha value is -0.870. The number of hydrogen-bond donors (Lipinski definition) is 0. The van der Waals surface area contributed by atoms with Crippen LogP contribution < -0.4 is 0 Å². The molecular weight excluding hydrogens is 176 g/mol. The van der Waals surface area contributed by atoms with Gasteiger partial charge in [0.05, 0.1) is 0 Å². The van der Waals surface area contributed by atoms with E-state index in [9.17, 15) is 0 Å². The Bertz CT molecular complexity index is 296. The first-order valence-corrected chi connectivity index (χ1v) is 5.45. The van der Waals surface area contributed by atoms with Crippen molar-refractivity contribution in [2.75, 3.05) is 5.75 Å². The molecule has 1 heteroatoms. The average molecular weight is 190 g/mol. The van der Waals surface area contributed by atoms with Gasteiger partial charge in [-0.2, -0.15) is 0 Å². The van der Waals surface area contributed by atoms with Gasteiger partial charge in [-0.1, -0.05) is 18.2 Å². The van der Waals surface area contributed by atoms with Crippen LogP contribution in [0.25, 0.3) is 0 Å². The van der Waals surface area contributed by atoms with E-state index in [1.807, 2.05) is 11.8 Å². The van der Waals surface area contributed by atoms with Gasteiger partial charge in [-0.05, 0) is 30.7 Å². The van der Waals surface area contributed by atoms with Crippen molar-refractivity contribution in [1.29, 1.82) is 0 Å². The first-order chi connectivity index (χ1) is 6.34. The third-order valence-corrected chi connectivity index (χ3v) is 3.08. The van der Waals surface area contributed by atoms with Crippen LogP contribution in [0.3, 0.4) is 0 Å². The monoisotopic (exact) mass is 190 g/mol. The van der Waals surface area contributed by atoms with Crippen LogP contribution >= 0.6 is 11.8 Å². The number of unbranched alkanes of at least 4 members (excludes halogenated alkanes) is 1. The molecule has 0 fully saturated rings. The predicted octanol–water partition coefficient (Wildman–Crippen LogP) is 3.50. The maximum absolute atomic E-state index is 5.18. The Morgan fingerprint density at radius 1 is 1.38 bits per heavy atom. The normalized spacial score (nSPS) is 9.54. The summed E-state index contributed by atoms with van der Waals surface area (Å²) in [6, 6.07) is 8.46. The third-order valence-electron chi connectivity index (χ3n) is 1.82. The lowest BCUT2D eigenvalue weighted by Crippen LogP contribution is -1.82. The summed E-state index contributed by atoms with van der Waals surface area (Å²) in [5.41, 5.74) is 1.35. The van der Waals surface area contributed by atoms with Gasteiger partial charge in [0.2, 0.25) is 0 Å². The zero-order chi connectivity index (χ0) is 9.52. The van der Waals surface area contributed by atoms with Crippen molar-refractivity contribution >= 4 is 11.8 Å². The van der Waals surface area contributed by atoms with Crippen LogP contribution in [0.2, 0.25) is 0 Å². The molecule has 0 radical (unpaired) electrons. The fourth-order valence-corrected chi connectivity index (χ4v) is 2.05. The molecule has 0 heterocycles. The number of terminal acetylenes is 1. The summed E-state index contributed by atoms with van der Waals surface area (Å²) in [5, 5.41) is 0. The van der Waals surface area contributed by atoms with E-state index in [0.29, 0.717) is 0 Å². The Morgan fingerprint density at radius 3 is 2.85 bits per heavy atom. The van der Waals surface area contributed by atoms with E-state index in [1.54, 1.807) is 0 Å². The molecule has 0 amide bonds. The van der Waals surface area contributed by atoms with E-state index < -0.39 is 0 Å². The molecule has 0 spiro atoms. The van der Waals surface area contributed by atoms with E-state index in [2.05, 4.69) is 37.1 Å². The second-order valence-electron chi connectivity index (χ2n) is 2.92. The molecule has 0 nitrogen and oxygen atoms in total. The molecule has 0 atom stereocenters. The van der Waals surface area contributed by atoms with Gasteiger partial charge in [0.1, 0.15) is 0 Å². The third kappa shape index (κ3) is 3.57. The lowest BCUT2D eigenvalue weighted by atomic mass is 10.2. The summed E-state index contributed by atoms with van der Waals surface area (Å²) in [6.45, 7) is 2.14. The van der Waals surface area contributed by atoms with Gasteiger partial charge in [-0.15, -0.1) is 24.1 Å². The lowest BCUT2D eigenvalue weighted by Gasteiger charge is -2.03. The molecule has 0 aliphatic carbocycles. The van der Waals surface area contributed by atoms with Gasteiger partial charge >= 0.3 is 0 Å². The highest BCUT2D eigenvalue weighted by molar-refractivity contribution is 7.99. The van der Waals surface area contributed by atoms with Crippen LogP contribution in [0.15, 0.2) is 29.2 Å². The number of rotatable bonds is 4. The van der Waals surface area contributed by atoms with Gasteiger partial charge in [-0.25, -0.2) is 0 Å². The molecule has 0 N–H and O–H groups in total. The van der Waals surface area contributed by atoms with E-state index >= 15 is 0 Å². The lowest BCUT2D eigenvalue weighted by molar-refractivity contribution is 0.997. The topological polar surface area (TPSA) is 0 Å². The van der Waals surface area contributed by atoms with Gasteiger partial charge < -0.3 is 0 Å². The van der Waals surface area contributed by atoms with E-state index in [-0.39, 0.29) is 0 Å². The van der Waals surface area contributed by atoms with Crippen LogP contribution in [0, 0.1) is 19.3 Å². The predicted molar refractivity (Wildman–Crippen MR) is 60.0 cm³/mol. The molecule has 0 aromatic heterocycles. The van der Waals surface area contributed by atoms with Crippen molar-refractivity contribution in [2.24, 2.45) is 0 Å². The van der Waals surface area contributed by atoms with Gasteiger partial charge in [0, 0.05) is 11.3 Å². The minimum atomic E-state index is 0.888. The number of benzene rings is 1. The average Bonchev–Trinajstić information content (AvgIpc) is 2.15. The first-order valence-electron chi connectivity index (χ1n) is 4.46. The minimum absolute atomic E-state index is 0.888. The molecule has 1 aromatic rings.